The van der Waals surface area contributed by atoms with Gasteiger partial charge in [-0.3, -0.25) is 20.4 Å². The van der Waals surface area contributed by atoms with Crippen molar-refractivity contribution in [3.05, 3.63) is 64.2 Å². The quantitative estimate of drug-likeness (QED) is 0.722. The Morgan fingerprint density at radius 1 is 0.966 bits per heavy atom. The maximum absolute atomic E-state index is 12.9. The Morgan fingerprint density at radius 2 is 1.66 bits per heavy atom. The van der Waals surface area contributed by atoms with Crippen molar-refractivity contribution in [2.24, 2.45) is 0 Å². The standard InChI is InChI=1S/C20H22ClN3O4S/c1-14-8-9-17(29(27,28)24-10-3-2-4-11-24)13-18(14)20(26)23-22-19(25)15-6-5-7-16(21)12-15/h5-9,12-13H,2-4,10-11H2,1H3,(H,22,25)(H,23,26). The summed E-state index contributed by atoms with van der Waals surface area (Å²) >= 11 is 5.86. The van der Waals surface area contributed by atoms with E-state index in [9.17, 15) is 18.0 Å². The van der Waals surface area contributed by atoms with Gasteiger partial charge >= 0.3 is 0 Å². The van der Waals surface area contributed by atoms with Gasteiger partial charge in [0.2, 0.25) is 10.0 Å². The number of halogens is 1. The van der Waals surface area contributed by atoms with E-state index in [0.717, 1.165) is 19.3 Å². The average molecular weight is 436 g/mol. The summed E-state index contributed by atoms with van der Waals surface area (Å²) in [5, 5.41) is 0.399. The molecule has 0 aromatic heterocycles. The molecule has 1 aliphatic rings. The number of hydrogen-bond donors (Lipinski definition) is 2. The third-order valence-corrected chi connectivity index (χ3v) is 6.91. The predicted octanol–water partition coefficient (Wildman–Crippen LogP) is 2.90. The molecule has 0 bridgehead atoms. The summed E-state index contributed by atoms with van der Waals surface area (Å²) in [5.74, 6) is -1.14. The van der Waals surface area contributed by atoms with Gasteiger partial charge in [-0.15, -0.1) is 0 Å². The van der Waals surface area contributed by atoms with Crippen LogP contribution in [0.2, 0.25) is 5.02 Å². The summed E-state index contributed by atoms with van der Waals surface area (Å²) in [4.78, 5) is 24.8. The van der Waals surface area contributed by atoms with Crippen molar-refractivity contribution in [2.75, 3.05) is 13.1 Å². The molecular weight excluding hydrogens is 414 g/mol. The number of amides is 2. The van der Waals surface area contributed by atoms with Gasteiger partial charge in [0.25, 0.3) is 11.8 Å². The summed E-state index contributed by atoms with van der Waals surface area (Å²) in [6.07, 6.45) is 2.67. The van der Waals surface area contributed by atoms with Gasteiger partial charge in [0.1, 0.15) is 0 Å². The van der Waals surface area contributed by atoms with E-state index in [1.54, 1.807) is 31.2 Å². The number of aryl methyl sites for hydroxylation is 1. The molecule has 9 heteroatoms. The van der Waals surface area contributed by atoms with Crippen LogP contribution >= 0.6 is 11.6 Å². The first-order valence-electron chi connectivity index (χ1n) is 9.26. The van der Waals surface area contributed by atoms with Crippen molar-refractivity contribution in [1.29, 1.82) is 0 Å². The topological polar surface area (TPSA) is 95.6 Å². The van der Waals surface area contributed by atoms with E-state index < -0.39 is 21.8 Å². The van der Waals surface area contributed by atoms with Crippen LogP contribution in [-0.4, -0.2) is 37.6 Å². The molecule has 0 aliphatic carbocycles. The van der Waals surface area contributed by atoms with Crippen LogP contribution in [-0.2, 0) is 10.0 Å². The molecule has 2 aromatic carbocycles. The Kier molecular flexibility index (Phi) is 6.56. The summed E-state index contributed by atoms with van der Waals surface area (Å²) in [6, 6.07) is 10.7. The van der Waals surface area contributed by atoms with Gasteiger partial charge in [0, 0.05) is 29.2 Å². The summed E-state index contributed by atoms with van der Waals surface area (Å²) in [7, 11) is -3.66. The fourth-order valence-electron chi connectivity index (χ4n) is 3.14. The van der Waals surface area contributed by atoms with Crippen molar-refractivity contribution in [2.45, 2.75) is 31.1 Å². The van der Waals surface area contributed by atoms with Gasteiger partial charge in [-0.05, 0) is 55.7 Å². The SMILES string of the molecule is Cc1ccc(S(=O)(=O)N2CCCCC2)cc1C(=O)NNC(=O)c1cccc(Cl)c1. The number of piperidine rings is 1. The Bertz CT molecular complexity index is 1030. The van der Waals surface area contributed by atoms with Crippen LogP contribution in [0.25, 0.3) is 0 Å². The number of nitrogens with zero attached hydrogens (tertiary/aromatic N) is 1. The third kappa shape index (κ3) is 4.95. The molecule has 2 aromatic rings. The van der Waals surface area contributed by atoms with Gasteiger partial charge in [-0.1, -0.05) is 30.2 Å². The number of rotatable bonds is 4. The highest BCUT2D eigenvalue weighted by Gasteiger charge is 2.27. The highest BCUT2D eigenvalue weighted by molar-refractivity contribution is 7.89. The monoisotopic (exact) mass is 435 g/mol. The van der Waals surface area contributed by atoms with Crippen LogP contribution in [0.5, 0.6) is 0 Å². The second-order valence-electron chi connectivity index (χ2n) is 6.86. The normalized spacial score (nSPS) is 15.0. The average Bonchev–Trinajstić information content (AvgIpc) is 2.72. The van der Waals surface area contributed by atoms with Crippen LogP contribution in [0.3, 0.4) is 0 Å². The smallest absolute Gasteiger partial charge is 0.267 e. The molecule has 3 rings (SSSR count). The van der Waals surface area contributed by atoms with E-state index in [1.165, 1.54) is 22.5 Å². The molecule has 0 saturated carbocycles. The molecule has 1 saturated heterocycles. The van der Waals surface area contributed by atoms with Crippen molar-refractivity contribution in [1.82, 2.24) is 15.2 Å². The molecule has 7 nitrogen and oxygen atoms in total. The second kappa shape index (κ2) is 8.94. The maximum Gasteiger partial charge on any atom is 0.270 e. The molecule has 154 valence electrons. The van der Waals surface area contributed by atoms with E-state index in [4.69, 9.17) is 11.6 Å². The number of benzene rings is 2. The van der Waals surface area contributed by atoms with Gasteiger partial charge in [0.05, 0.1) is 4.90 Å². The molecule has 29 heavy (non-hydrogen) atoms. The Morgan fingerprint density at radius 3 is 2.34 bits per heavy atom. The van der Waals surface area contributed by atoms with Crippen molar-refractivity contribution in [3.63, 3.8) is 0 Å². The molecule has 1 aliphatic heterocycles. The molecule has 2 amide bonds. The summed E-state index contributed by atoms with van der Waals surface area (Å²) in [6.45, 7) is 2.66. The number of carbonyl (C=O) groups excluding carboxylic acids is 2. The largest absolute Gasteiger partial charge is 0.270 e. The van der Waals surface area contributed by atoms with Crippen molar-refractivity contribution >= 4 is 33.4 Å². The zero-order chi connectivity index (χ0) is 21.0. The highest BCUT2D eigenvalue weighted by atomic mass is 35.5. The molecular formula is C20H22ClN3O4S. The number of nitrogens with one attached hydrogen (secondary N) is 2. The van der Waals surface area contributed by atoms with Gasteiger partial charge in [-0.2, -0.15) is 4.31 Å². The van der Waals surface area contributed by atoms with E-state index in [0.29, 0.717) is 23.7 Å². The molecule has 0 unspecified atom stereocenters. The molecule has 2 N–H and O–H groups in total. The predicted molar refractivity (Wildman–Crippen MR) is 110 cm³/mol. The molecule has 0 atom stereocenters. The van der Waals surface area contributed by atoms with Crippen molar-refractivity contribution in [3.8, 4) is 0 Å². The molecule has 1 fully saturated rings. The van der Waals surface area contributed by atoms with Crippen LogP contribution in [0.1, 0.15) is 45.5 Å². The summed E-state index contributed by atoms with van der Waals surface area (Å²) in [5.41, 5.74) is 5.70. The Labute approximate surface area is 175 Å². The molecule has 0 spiro atoms. The van der Waals surface area contributed by atoms with Crippen LogP contribution in [0, 0.1) is 6.92 Å². The maximum atomic E-state index is 12.9. The summed E-state index contributed by atoms with van der Waals surface area (Å²) < 4.78 is 27.2. The lowest BCUT2D eigenvalue weighted by molar-refractivity contribution is 0.0846. The van der Waals surface area contributed by atoms with Crippen LogP contribution in [0.15, 0.2) is 47.4 Å². The zero-order valence-corrected chi connectivity index (χ0v) is 17.5. The fourth-order valence-corrected chi connectivity index (χ4v) is 4.88. The lowest BCUT2D eigenvalue weighted by Crippen LogP contribution is -2.42. The highest BCUT2D eigenvalue weighted by Crippen LogP contribution is 2.22. The number of hydrazine groups is 1. The number of hydrogen-bond acceptors (Lipinski definition) is 4. The van der Waals surface area contributed by atoms with Crippen LogP contribution in [0.4, 0.5) is 0 Å². The number of sulfonamides is 1. The first kappa shape index (κ1) is 21.3. The number of carbonyl (C=O) groups is 2. The van der Waals surface area contributed by atoms with E-state index in [-0.39, 0.29) is 16.0 Å². The Balaban J connectivity index is 1.75. The van der Waals surface area contributed by atoms with Crippen LogP contribution < -0.4 is 10.9 Å². The second-order valence-corrected chi connectivity index (χ2v) is 9.23. The van der Waals surface area contributed by atoms with E-state index in [2.05, 4.69) is 10.9 Å². The van der Waals surface area contributed by atoms with Crippen molar-refractivity contribution < 1.29 is 18.0 Å². The Hall–Kier alpha value is -2.42. The minimum absolute atomic E-state index is 0.0660. The minimum Gasteiger partial charge on any atom is -0.267 e. The first-order chi connectivity index (χ1) is 13.8. The van der Waals surface area contributed by atoms with Gasteiger partial charge < -0.3 is 0 Å². The minimum atomic E-state index is -3.66. The van der Waals surface area contributed by atoms with E-state index >= 15 is 0 Å². The molecule has 1 heterocycles. The van der Waals surface area contributed by atoms with E-state index in [1.807, 2.05) is 0 Å². The third-order valence-electron chi connectivity index (χ3n) is 4.78. The van der Waals surface area contributed by atoms with Gasteiger partial charge in [-0.25, -0.2) is 8.42 Å². The van der Waals surface area contributed by atoms with Gasteiger partial charge in [0.15, 0.2) is 0 Å². The lowest BCUT2D eigenvalue weighted by Gasteiger charge is -2.26. The molecule has 0 radical (unpaired) electrons. The zero-order valence-electron chi connectivity index (χ0n) is 15.9. The first-order valence-corrected chi connectivity index (χ1v) is 11.1. The fraction of sp³-hybridized carbons (Fsp3) is 0.300. The lowest BCUT2D eigenvalue weighted by atomic mass is 10.1.